The summed E-state index contributed by atoms with van der Waals surface area (Å²) in [6.45, 7) is 10.0. The summed E-state index contributed by atoms with van der Waals surface area (Å²) in [5.41, 5.74) is 1.82. The van der Waals surface area contributed by atoms with Gasteiger partial charge in [0.1, 0.15) is 5.82 Å². The van der Waals surface area contributed by atoms with Crippen molar-refractivity contribution in [3.8, 4) is 12.3 Å². The van der Waals surface area contributed by atoms with Gasteiger partial charge in [-0.05, 0) is 30.6 Å². The lowest BCUT2D eigenvalue weighted by atomic mass is 10.1. The first kappa shape index (κ1) is 16.7. The van der Waals surface area contributed by atoms with Crippen LogP contribution in [0.2, 0.25) is 0 Å². The largest absolute Gasteiger partial charge is 0.312 e. The van der Waals surface area contributed by atoms with E-state index in [0.717, 1.165) is 25.2 Å². The summed E-state index contributed by atoms with van der Waals surface area (Å²) in [6.07, 6.45) is 5.33. The van der Waals surface area contributed by atoms with E-state index in [-0.39, 0.29) is 5.82 Å². The predicted molar refractivity (Wildman–Crippen MR) is 82.7 cm³/mol. The molecule has 0 fully saturated rings. The van der Waals surface area contributed by atoms with Crippen LogP contribution in [0.5, 0.6) is 0 Å². The SMILES string of the molecule is C#CCN(CC)Cc1cc(CNCC(C)C)ccc1F. The highest BCUT2D eigenvalue weighted by atomic mass is 19.1. The number of hydrogen-bond acceptors (Lipinski definition) is 2. The van der Waals surface area contributed by atoms with Crippen LogP contribution in [0, 0.1) is 24.1 Å². The van der Waals surface area contributed by atoms with Crippen molar-refractivity contribution in [1.82, 2.24) is 10.2 Å². The molecular formula is C17H25FN2. The van der Waals surface area contributed by atoms with Gasteiger partial charge >= 0.3 is 0 Å². The minimum Gasteiger partial charge on any atom is -0.312 e. The van der Waals surface area contributed by atoms with E-state index in [0.29, 0.717) is 24.6 Å². The second-order valence-electron chi connectivity index (χ2n) is 5.46. The van der Waals surface area contributed by atoms with Crippen LogP contribution in [0.25, 0.3) is 0 Å². The second kappa shape index (κ2) is 8.73. The highest BCUT2D eigenvalue weighted by Crippen LogP contribution is 2.13. The highest BCUT2D eigenvalue weighted by molar-refractivity contribution is 5.25. The Kier molecular flexibility index (Phi) is 7.28. The third kappa shape index (κ3) is 5.73. The van der Waals surface area contributed by atoms with E-state index in [1.54, 1.807) is 6.07 Å². The van der Waals surface area contributed by atoms with Crippen LogP contribution in [0.3, 0.4) is 0 Å². The van der Waals surface area contributed by atoms with E-state index in [1.807, 2.05) is 24.0 Å². The zero-order chi connectivity index (χ0) is 15.0. The van der Waals surface area contributed by atoms with E-state index in [1.165, 1.54) is 0 Å². The van der Waals surface area contributed by atoms with Crippen molar-refractivity contribution in [2.45, 2.75) is 33.9 Å². The molecule has 0 bridgehead atoms. The van der Waals surface area contributed by atoms with E-state index in [4.69, 9.17) is 6.42 Å². The molecule has 0 saturated heterocycles. The van der Waals surface area contributed by atoms with Crippen LogP contribution < -0.4 is 5.32 Å². The molecule has 0 aliphatic carbocycles. The Morgan fingerprint density at radius 2 is 2.15 bits per heavy atom. The van der Waals surface area contributed by atoms with Gasteiger partial charge in [-0.1, -0.05) is 38.8 Å². The number of rotatable bonds is 8. The standard InChI is InChI=1S/C17H25FN2/c1-5-9-20(6-2)13-16-10-15(7-8-17(16)18)12-19-11-14(3)4/h1,7-8,10,14,19H,6,9,11-13H2,2-4H3. The molecular weight excluding hydrogens is 251 g/mol. The van der Waals surface area contributed by atoms with Crippen molar-refractivity contribution in [3.63, 3.8) is 0 Å². The molecule has 0 saturated carbocycles. The van der Waals surface area contributed by atoms with Gasteiger partial charge in [0.05, 0.1) is 6.54 Å². The van der Waals surface area contributed by atoms with Gasteiger partial charge < -0.3 is 5.32 Å². The van der Waals surface area contributed by atoms with Crippen LogP contribution in [0.4, 0.5) is 4.39 Å². The van der Waals surface area contributed by atoms with Gasteiger partial charge in [0, 0.05) is 18.7 Å². The number of halogens is 1. The first-order chi connectivity index (χ1) is 9.56. The average Bonchev–Trinajstić information content (AvgIpc) is 2.41. The molecule has 0 radical (unpaired) electrons. The van der Waals surface area contributed by atoms with Gasteiger partial charge in [-0.15, -0.1) is 6.42 Å². The number of benzene rings is 1. The van der Waals surface area contributed by atoms with Crippen molar-refractivity contribution in [1.29, 1.82) is 0 Å². The monoisotopic (exact) mass is 276 g/mol. The highest BCUT2D eigenvalue weighted by Gasteiger charge is 2.08. The summed E-state index contributed by atoms with van der Waals surface area (Å²) in [4.78, 5) is 2.05. The molecule has 0 unspecified atom stereocenters. The molecule has 110 valence electrons. The van der Waals surface area contributed by atoms with E-state index in [2.05, 4.69) is 25.1 Å². The quantitative estimate of drug-likeness (QED) is 0.734. The fourth-order valence-electron chi connectivity index (χ4n) is 2.01. The number of nitrogens with one attached hydrogen (secondary N) is 1. The molecule has 1 aromatic rings. The maximum atomic E-state index is 13.9. The zero-order valence-electron chi connectivity index (χ0n) is 12.7. The molecule has 0 heterocycles. The van der Waals surface area contributed by atoms with Gasteiger partial charge in [-0.3, -0.25) is 4.90 Å². The predicted octanol–water partition coefficient (Wildman–Crippen LogP) is 3.03. The maximum Gasteiger partial charge on any atom is 0.127 e. The summed E-state index contributed by atoms with van der Waals surface area (Å²) < 4.78 is 13.9. The third-order valence-electron chi connectivity index (χ3n) is 3.15. The molecule has 2 nitrogen and oxygen atoms in total. The molecule has 0 aliphatic heterocycles. The van der Waals surface area contributed by atoms with Crippen LogP contribution in [0.15, 0.2) is 18.2 Å². The minimum atomic E-state index is -0.159. The Morgan fingerprint density at radius 1 is 1.40 bits per heavy atom. The lowest BCUT2D eigenvalue weighted by Gasteiger charge is -2.18. The van der Waals surface area contributed by atoms with Crippen molar-refractivity contribution in [3.05, 3.63) is 35.1 Å². The summed E-state index contributed by atoms with van der Waals surface area (Å²) >= 11 is 0. The molecule has 0 atom stereocenters. The van der Waals surface area contributed by atoms with E-state index in [9.17, 15) is 4.39 Å². The molecule has 3 heteroatoms. The zero-order valence-corrected chi connectivity index (χ0v) is 12.7. The van der Waals surface area contributed by atoms with Crippen LogP contribution in [-0.4, -0.2) is 24.5 Å². The fourth-order valence-corrected chi connectivity index (χ4v) is 2.01. The van der Waals surface area contributed by atoms with Crippen LogP contribution in [-0.2, 0) is 13.1 Å². The van der Waals surface area contributed by atoms with Crippen molar-refractivity contribution in [2.75, 3.05) is 19.6 Å². The molecule has 1 rings (SSSR count). The first-order valence-corrected chi connectivity index (χ1v) is 7.20. The smallest absolute Gasteiger partial charge is 0.127 e. The van der Waals surface area contributed by atoms with Gasteiger partial charge in [0.15, 0.2) is 0 Å². The Bertz CT molecular complexity index is 449. The summed E-state index contributed by atoms with van der Waals surface area (Å²) in [7, 11) is 0. The molecule has 0 spiro atoms. The Morgan fingerprint density at radius 3 is 2.75 bits per heavy atom. The van der Waals surface area contributed by atoms with E-state index < -0.39 is 0 Å². The van der Waals surface area contributed by atoms with Crippen molar-refractivity contribution >= 4 is 0 Å². The van der Waals surface area contributed by atoms with Gasteiger partial charge in [-0.25, -0.2) is 4.39 Å². The summed E-state index contributed by atoms with van der Waals surface area (Å²) in [5, 5.41) is 3.37. The van der Waals surface area contributed by atoms with Gasteiger partial charge in [0.2, 0.25) is 0 Å². The first-order valence-electron chi connectivity index (χ1n) is 7.20. The Labute approximate surface area is 122 Å². The van der Waals surface area contributed by atoms with Gasteiger partial charge in [-0.2, -0.15) is 0 Å². The van der Waals surface area contributed by atoms with E-state index >= 15 is 0 Å². The fraction of sp³-hybridized carbons (Fsp3) is 0.529. The average molecular weight is 276 g/mol. The number of hydrogen-bond donors (Lipinski definition) is 1. The van der Waals surface area contributed by atoms with Crippen LogP contribution in [0.1, 0.15) is 31.9 Å². The Balaban J connectivity index is 2.68. The normalized spacial score (nSPS) is 11.1. The summed E-state index contributed by atoms with van der Waals surface area (Å²) in [5.74, 6) is 3.06. The lowest BCUT2D eigenvalue weighted by molar-refractivity contribution is 0.310. The molecule has 0 amide bonds. The van der Waals surface area contributed by atoms with Crippen molar-refractivity contribution < 1.29 is 4.39 Å². The topological polar surface area (TPSA) is 15.3 Å². The molecule has 0 aliphatic rings. The Hall–Kier alpha value is -1.37. The third-order valence-corrected chi connectivity index (χ3v) is 3.15. The van der Waals surface area contributed by atoms with Gasteiger partial charge in [0.25, 0.3) is 0 Å². The number of terminal acetylenes is 1. The molecule has 20 heavy (non-hydrogen) atoms. The summed E-state index contributed by atoms with van der Waals surface area (Å²) in [6, 6.07) is 5.32. The molecule has 1 N–H and O–H groups in total. The number of nitrogens with zero attached hydrogens (tertiary/aromatic N) is 1. The van der Waals surface area contributed by atoms with Crippen molar-refractivity contribution in [2.24, 2.45) is 5.92 Å². The van der Waals surface area contributed by atoms with Crippen LogP contribution >= 0.6 is 0 Å². The second-order valence-corrected chi connectivity index (χ2v) is 5.46. The molecule has 1 aromatic carbocycles. The maximum absolute atomic E-state index is 13.9. The minimum absolute atomic E-state index is 0.159. The lowest BCUT2D eigenvalue weighted by Crippen LogP contribution is -2.24. The molecule has 0 aromatic heterocycles.